The molecule has 0 saturated carbocycles. The molecule has 0 aromatic carbocycles. The molecule has 1 unspecified atom stereocenters. The van der Waals surface area contributed by atoms with Crippen LogP contribution in [0.4, 0.5) is 0 Å². The summed E-state index contributed by atoms with van der Waals surface area (Å²) in [4.78, 5) is 14.3. The fraction of sp³-hybridized carbons (Fsp3) is 0.667. The molecule has 0 bridgehead atoms. The molecule has 0 amide bonds. The number of esters is 1. The Kier molecular flexibility index (Phi) is 4.33. The molecule has 0 spiro atoms. The van der Waals surface area contributed by atoms with Crippen LogP contribution in [0.3, 0.4) is 0 Å². The summed E-state index contributed by atoms with van der Waals surface area (Å²) in [5, 5.41) is 7.42. The van der Waals surface area contributed by atoms with E-state index in [1.807, 2.05) is 20.2 Å². The highest BCUT2D eigenvalue weighted by molar-refractivity contribution is 5.77. The van der Waals surface area contributed by atoms with Crippen LogP contribution in [-0.2, 0) is 16.6 Å². The van der Waals surface area contributed by atoms with Gasteiger partial charge in [-0.1, -0.05) is 0 Å². The fourth-order valence-corrected chi connectivity index (χ4v) is 2.24. The Labute approximate surface area is 107 Å². The summed E-state index contributed by atoms with van der Waals surface area (Å²) in [6.07, 6.45) is 3.62. The number of piperazine rings is 1. The van der Waals surface area contributed by atoms with Crippen molar-refractivity contribution in [3.05, 3.63) is 18.0 Å². The molecule has 1 aromatic heterocycles. The average Bonchev–Trinajstić information content (AvgIpc) is 2.78. The van der Waals surface area contributed by atoms with E-state index >= 15 is 0 Å². The van der Waals surface area contributed by atoms with Gasteiger partial charge in [0.15, 0.2) is 0 Å². The van der Waals surface area contributed by atoms with Gasteiger partial charge in [-0.2, -0.15) is 5.10 Å². The van der Waals surface area contributed by atoms with Gasteiger partial charge in [0.25, 0.3) is 0 Å². The quantitative estimate of drug-likeness (QED) is 0.760. The van der Waals surface area contributed by atoms with Gasteiger partial charge in [-0.3, -0.25) is 9.58 Å². The van der Waals surface area contributed by atoms with Crippen LogP contribution in [0.2, 0.25) is 0 Å². The second kappa shape index (κ2) is 5.97. The van der Waals surface area contributed by atoms with E-state index in [1.54, 1.807) is 10.9 Å². The van der Waals surface area contributed by atoms with Crippen molar-refractivity contribution in [2.45, 2.75) is 13.0 Å². The van der Waals surface area contributed by atoms with Gasteiger partial charge in [0, 0.05) is 45.0 Å². The lowest BCUT2D eigenvalue weighted by molar-refractivity contribution is -0.150. The topological polar surface area (TPSA) is 59.4 Å². The molecule has 1 saturated heterocycles. The molecule has 1 atom stereocenters. The normalized spacial score (nSPS) is 18.6. The molecule has 18 heavy (non-hydrogen) atoms. The third-order valence-electron chi connectivity index (χ3n) is 3.07. The zero-order valence-corrected chi connectivity index (χ0v) is 10.9. The summed E-state index contributed by atoms with van der Waals surface area (Å²) in [6.45, 7) is 5.72. The van der Waals surface area contributed by atoms with Crippen LogP contribution in [0.1, 0.15) is 18.5 Å². The number of aryl methyl sites for hydroxylation is 1. The third-order valence-corrected chi connectivity index (χ3v) is 3.07. The van der Waals surface area contributed by atoms with Crippen molar-refractivity contribution in [1.82, 2.24) is 20.0 Å². The van der Waals surface area contributed by atoms with E-state index in [0.717, 1.165) is 31.7 Å². The fourth-order valence-electron chi connectivity index (χ4n) is 2.24. The maximum Gasteiger partial charge on any atom is 0.328 e. The highest BCUT2D eigenvalue weighted by Gasteiger charge is 2.30. The molecule has 0 aliphatic carbocycles. The van der Waals surface area contributed by atoms with Gasteiger partial charge in [0.05, 0.1) is 12.8 Å². The molecule has 100 valence electrons. The second-order valence-electron chi connectivity index (χ2n) is 4.39. The van der Waals surface area contributed by atoms with Crippen molar-refractivity contribution >= 4 is 5.97 Å². The van der Waals surface area contributed by atoms with E-state index in [9.17, 15) is 4.79 Å². The molecule has 2 heterocycles. The lowest BCUT2D eigenvalue weighted by Gasteiger charge is -2.32. The summed E-state index contributed by atoms with van der Waals surface area (Å²) >= 11 is 0. The first-order valence-electron chi connectivity index (χ1n) is 6.32. The molecule has 1 aliphatic heterocycles. The lowest BCUT2D eigenvalue weighted by atomic mass is 10.1. The molecule has 2 rings (SSSR count). The number of aromatic nitrogens is 2. The first-order valence-corrected chi connectivity index (χ1v) is 6.32. The number of ether oxygens (including phenoxy) is 1. The van der Waals surface area contributed by atoms with Crippen LogP contribution >= 0.6 is 0 Å². The largest absolute Gasteiger partial charge is 0.465 e. The molecule has 0 radical (unpaired) electrons. The molecular formula is C12H20N4O2. The maximum absolute atomic E-state index is 12.1. The molecule has 1 fully saturated rings. The van der Waals surface area contributed by atoms with Gasteiger partial charge >= 0.3 is 5.97 Å². The number of nitrogens with one attached hydrogen (secondary N) is 1. The van der Waals surface area contributed by atoms with E-state index < -0.39 is 0 Å². The van der Waals surface area contributed by atoms with Crippen molar-refractivity contribution in [1.29, 1.82) is 0 Å². The van der Waals surface area contributed by atoms with Crippen molar-refractivity contribution < 1.29 is 9.53 Å². The van der Waals surface area contributed by atoms with E-state index in [2.05, 4.69) is 15.3 Å². The number of hydrogen-bond acceptors (Lipinski definition) is 5. The highest BCUT2D eigenvalue weighted by Crippen LogP contribution is 2.22. The van der Waals surface area contributed by atoms with Gasteiger partial charge in [-0.15, -0.1) is 0 Å². The molecule has 1 N–H and O–H groups in total. The van der Waals surface area contributed by atoms with Crippen LogP contribution in [-0.4, -0.2) is 53.4 Å². The van der Waals surface area contributed by atoms with Gasteiger partial charge in [0.2, 0.25) is 0 Å². The van der Waals surface area contributed by atoms with Crippen LogP contribution < -0.4 is 5.32 Å². The van der Waals surface area contributed by atoms with E-state index in [0.29, 0.717) is 6.61 Å². The number of hydrogen-bond donors (Lipinski definition) is 1. The molecule has 1 aliphatic rings. The standard InChI is InChI=1S/C12H20N4O2/c1-3-18-12(17)11(10-8-14-15(2)9-10)16-6-4-13-5-7-16/h8-9,11,13H,3-7H2,1-2H3. The minimum Gasteiger partial charge on any atom is -0.465 e. The predicted octanol–water partition coefficient (Wildman–Crippen LogP) is -0.0705. The summed E-state index contributed by atoms with van der Waals surface area (Å²) in [5.74, 6) is -0.188. The van der Waals surface area contributed by atoms with Gasteiger partial charge in [0.1, 0.15) is 6.04 Å². The Bertz CT molecular complexity index is 399. The van der Waals surface area contributed by atoms with Crippen molar-refractivity contribution in [3.63, 3.8) is 0 Å². The molecule has 6 heteroatoms. The number of rotatable bonds is 4. The highest BCUT2D eigenvalue weighted by atomic mass is 16.5. The first-order chi connectivity index (χ1) is 8.72. The summed E-state index contributed by atoms with van der Waals surface area (Å²) in [7, 11) is 1.85. The summed E-state index contributed by atoms with van der Waals surface area (Å²) in [6, 6.07) is -0.333. The predicted molar refractivity (Wildman–Crippen MR) is 67.0 cm³/mol. The Morgan fingerprint density at radius 3 is 2.83 bits per heavy atom. The SMILES string of the molecule is CCOC(=O)C(c1cnn(C)c1)N1CCNCC1. The van der Waals surface area contributed by atoms with Gasteiger partial charge in [-0.25, -0.2) is 4.79 Å². The van der Waals surface area contributed by atoms with Crippen molar-refractivity contribution in [2.75, 3.05) is 32.8 Å². The number of carbonyl (C=O) groups is 1. The molecule has 6 nitrogen and oxygen atoms in total. The van der Waals surface area contributed by atoms with E-state index in [1.165, 1.54) is 0 Å². The molecule has 1 aromatic rings. The number of carbonyl (C=O) groups excluding carboxylic acids is 1. The smallest absolute Gasteiger partial charge is 0.328 e. The maximum atomic E-state index is 12.1. The summed E-state index contributed by atoms with van der Waals surface area (Å²) < 4.78 is 6.89. The van der Waals surface area contributed by atoms with Crippen LogP contribution in [0.5, 0.6) is 0 Å². The number of nitrogens with zero attached hydrogens (tertiary/aromatic N) is 3. The summed E-state index contributed by atoms with van der Waals surface area (Å²) in [5.41, 5.74) is 0.901. The first kappa shape index (κ1) is 13.0. The second-order valence-corrected chi connectivity index (χ2v) is 4.39. The van der Waals surface area contributed by atoms with Gasteiger partial charge < -0.3 is 10.1 Å². The average molecular weight is 252 g/mol. The molecular weight excluding hydrogens is 232 g/mol. The Morgan fingerprint density at radius 2 is 2.28 bits per heavy atom. The van der Waals surface area contributed by atoms with Crippen molar-refractivity contribution in [2.24, 2.45) is 7.05 Å². The van der Waals surface area contributed by atoms with Crippen molar-refractivity contribution in [3.8, 4) is 0 Å². The van der Waals surface area contributed by atoms with E-state index in [4.69, 9.17) is 4.74 Å². The zero-order chi connectivity index (χ0) is 13.0. The van der Waals surface area contributed by atoms with E-state index in [-0.39, 0.29) is 12.0 Å². The zero-order valence-electron chi connectivity index (χ0n) is 10.9. The Morgan fingerprint density at radius 1 is 1.56 bits per heavy atom. The van der Waals surface area contributed by atoms with Gasteiger partial charge in [-0.05, 0) is 6.92 Å². The van der Waals surface area contributed by atoms with Crippen LogP contribution in [0.25, 0.3) is 0 Å². The van der Waals surface area contributed by atoms with Crippen LogP contribution in [0.15, 0.2) is 12.4 Å². The minimum atomic E-state index is -0.333. The lowest BCUT2D eigenvalue weighted by Crippen LogP contribution is -2.47. The third kappa shape index (κ3) is 2.88. The Balaban J connectivity index is 2.18. The minimum absolute atomic E-state index is 0.188. The monoisotopic (exact) mass is 252 g/mol. The Hall–Kier alpha value is -1.40. The van der Waals surface area contributed by atoms with Crippen LogP contribution in [0, 0.1) is 0 Å².